The Bertz CT molecular complexity index is 789. The van der Waals surface area contributed by atoms with Gasteiger partial charge in [-0.2, -0.15) is 0 Å². The second kappa shape index (κ2) is 8.89. The molecule has 0 bridgehead atoms. The van der Waals surface area contributed by atoms with Crippen LogP contribution in [0.5, 0.6) is 0 Å². The molecule has 0 heterocycles. The van der Waals surface area contributed by atoms with Crippen molar-refractivity contribution in [3.8, 4) is 0 Å². The molecule has 0 fully saturated rings. The zero-order chi connectivity index (χ0) is 21.0. The van der Waals surface area contributed by atoms with E-state index in [9.17, 15) is 0 Å². The maximum atomic E-state index is 2.49. The molecule has 152 valence electrons. The Kier molecular flexibility index (Phi) is 6.70. The van der Waals surface area contributed by atoms with Crippen LogP contribution in [0.25, 0.3) is 0 Å². The van der Waals surface area contributed by atoms with Gasteiger partial charge in [-0.1, -0.05) is 0 Å². The average molecular weight is 402 g/mol. The van der Waals surface area contributed by atoms with Gasteiger partial charge in [-0.25, -0.2) is 0 Å². The molecule has 0 aliphatic heterocycles. The summed E-state index contributed by atoms with van der Waals surface area (Å²) in [5, 5.41) is 4.54. The van der Waals surface area contributed by atoms with E-state index in [4.69, 9.17) is 0 Å². The van der Waals surface area contributed by atoms with Gasteiger partial charge in [-0.15, -0.1) is 0 Å². The Hall–Kier alpha value is -1.85. The third-order valence-electron chi connectivity index (χ3n) is 6.46. The van der Waals surface area contributed by atoms with Gasteiger partial charge in [-0.3, -0.25) is 0 Å². The molecule has 0 aliphatic rings. The summed E-state index contributed by atoms with van der Waals surface area (Å²) < 4.78 is 0. The summed E-state index contributed by atoms with van der Waals surface area (Å²) in [5.41, 5.74) is 0.598. The van der Waals surface area contributed by atoms with Crippen molar-refractivity contribution < 1.29 is 0 Å². The van der Waals surface area contributed by atoms with E-state index in [1.807, 2.05) is 0 Å². The summed E-state index contributed by atoms with van der Waals surface area (Å²) in [6, 6.07) is 33.9. The third-order valence-corrected chi connectivity index (χ3v) is 11.9. The molecule has 3 rings (SSSR count). The Morgan fingerprint density at radius 3 is 1.24 bits per heavy atom. The molecule has 3 aromatic rings. The van der Waals surface area contributed by atoms with Crippen LogP contribution in [-0.2, 0) is 0 Å². The summed E-state index contributed by atoms with van der Waals surface area (Å²) in [5.74, 6) is 0. The van der Waals surface area contributed by atoms with Crippen LogP contribution in [0.2, 0.25) is 6.32 Å². The van der Waals surface area contributed by atoms with Gasteiger partial charge in [0.25, 0.3) is 0 Å². The van der Waals surface area contributed by atoms with Crippen LogP contribution in [0.4, 0.5) is 0 Å². The molecule has 0 unspecified atom stereocenters. The molecule has 29 heavy (non-hydrogen) atoms. The second-order valence-electron chi connectivity index (χ2n) is 10.0. The molecule has 0 saturated heterocycles. The monoisotopic (exact) mass is 402 g/mol. The van der Waals surface area contributed by atoms with Crippen LogP contribution < -0.4 is 15.9 Å². The van der Waals surface area contributed by atoms with Crippen molar-refractivity contribution in [2.75, 3.05) is 6.16 Å². The molecule has 2 heteroatoms. The molecular weight excluding hydrogens is 366 g/mol. The van der Waals surface area contributed by atoms with Crippen LogP contribution in [0, 0.1) is 10.8 Å². The van der Waals surface area contributed by atoms with Gasteiger partial charge in [-0.05, 0) is 0 Å². The van der Waals surface area contributed by atoms with Gasteiger partial charge in [0.15, 0.2) is 0 Å². The summed E-state index contributed by atoms with van der Waals surface area (Å²) in [4.78, 5) is 0. The predicted octanol–water partition coefficient (Wildman–Crippen LogP) is 5.21. The number of benzene rings is 3. The molecule has 0 spiro atoms. The fourth-order valence-corrected chi connectivity index (χ4v) is 10.6. The third kappa shape index (κ3) is 5.02. The molecule has 0 radical (unpaired) electrons. The van der Waals surface area contributed by atoms with E-state index in [1.165, 1.54) is 34.8 Å². The molecule has 0 aliphatic carbocycles. The Labute approximate surface area is 179 Å². The van der Waals surface area contributed by atoms with E-state index in [1.54, 1.807) is 0 Å². The first-order valence-corrected chi connectivity index (χ1v) is 13.2. The molecule has 0 aromatic heterocycles. The van der Waals surface area contributed by atoms with E-state index in [-0.39, 0.29) is 5.41 Å². The van der Waals surface area contributed by atoms with Gasteiger partial charge in [0.05, 0.1) is 0 Å². The first-order valence-electron chi connectivity index (χ1n) is 11.0. The molecule has 0 atom stereocenters. The number of rotatable bonds is 8. The van der Waals surface area contributed by atoms with E-state index >= 15 is 0 Å². The van der Waals surface area contributed by atoms with Crippen molar-refractivity contribution in [1.82, 2.24) is 0 Å². The normalized spacial score (nSPS) is 13.2. The Morgan fingerprint density at radius 2 is 0.931 bits per heavy atom. The fraction of sp³-hybridized carbons (Fsp3) is 0.333. The summed E-state index contributed by atoms with van der Waals surface area (Å²) in [6.45, 7) is 9.82. The van der Waals surface area contributed by atoms with Crippen molar-refractivity contribution in [1.29, 1.82) is 0 Å². The molecule has 0 saturated carbocycles. The predicted molar refractivity (Wildman–Crippen MR) is 137 cm³/mol. The van der Waals surface area contributed by atoms with Crippen LogP contribution in [0.3, 0.4) is 0 Å². The van der Waals surface area contributed by atoms with Crippen molar-refractivity contribution in [2.45, 2.75) is 40.4 Å². The zero-order valence-corrected chi connectivity index (χ0v) is 19.8. The van der Waals surface area contributed by atoms with Crippen LogP contribution in [0.1, 0.15) is 34.1 Å². The van der Waals surface area contributed by atoms with Crippen LogP contribution in [-0.4, -0.2) is 14.0 Å². The van der Waals surface area contributed by atoms with Crippen molar-refractivity contribution >= 4 is 31.0 Å². The van der Waals surface area contributed by atoms with Crippen molar-refractivity contribution in [2.24, 2.45) is 10.8 Å². The molecular formula is C27H36BP. The second-order valence-corrected chi connectivity index (χ2v) is 13.9. The van der Waals surface area contributed by atoms with Crippen molar-refractivity contribution in [3.05, 3.63) is 91.0 Å². The van der Waals surface area contributed by atoms with Gasteiger partial charge >= 0.3 is 179 Å². The Morgan fingerprint density at radius 1 is 0.586 bits per heavy atom. The number of hydrogen-bond acceptors (Lipinski definition) is 0. The van der Waals surface area contributed by atoms with Crippen LogP contribution in [0.15, 0.2) is 91.0 Å². The van der Waals surface area contributed by atoms with Gasteiger partial charge < -0.3 is 0 Å². The summed E-state index contributed by atoms with van der Waals surface area (Å²) in [6.07, 6.45) is 3.66. The minimum absolute atomic E-state index is 0.243. The first-order chi connectivity index (χ1) is 13.8. The van der Waals surface area contributed by atoms with Gasteiger partial charge in [0.2, 0.25) is 0 Å². The van der Waals surface area contributed by atoms with Crippen LogP contribution >= 0.6 is 7.26 Å². The standard InChI is InChI=1S/C27H36BP/c1-26(2,21-28)20-27(3,4)22-29(23-14-8-5-9-15-23,24-16-10-6-11-17-24)25-18-12-7-13-19-25/h5-19,29H,20-22,28H2,1-4H3. The van der Waals surface area contributed by atoms with E-state index in [0.717, 1.165) is 0 Å². The van der Waals surface area contributed by atoms with Crippen molar-refractivity contribution in [3.63, 3.8) is 0 Å². The SMILES string of the molecule is BCC(C)(C)CC(C)(C)C[PH](c1ccccc1)(c1ccccc1)c1ccccc1. The number of hydrogen-bond donors (Lipinski definition) is 0. The fourth-order valence-electron chi connectivity index (χ4n) is 5.18. The zero-order valence-electron chi connectivity index (χ0n) is 18.8. The molecule has 0 N–H and O–H groups in total. The van der Waals surface area contributed by atoms with Gasteiger partial charge in [0.1, 0.15) is 0 Å². The molecule has 3 aromatic carbocycles. The van der Waals surface area contributed by atoms with E-state index in [0.29, 0.717) is 5.41 Å². The van der Waals surface area contributed by atoms with E-state index < -0.39 is 7.26 Å². The maximum absolute atomic E-state index is 2.49. The quantitative estimate of drug-likeness (QED) is 0.359. The first kappa shape index (κ1) is 21.9. The summed E-state index contributed by atoms with van der Waals surface area (Å²) >= 11 is 0. The summed E-state index contributed by atoms with van der Waals surface area (Å²) in [7, 11) is 0.154. The molecule has 0 amide bonds. The van der Waals surface area contributed by atoms with Gasteiger partial charge in [0, 0.05) is 0 Å². The van der Waals surface area contributed by atoms with E-state index in [2.05, 4.69) is 127 Å². The average Bonchev–Trinajstić information content (AvgIpc) is 2.73. The molecule has 0 nitrogen and oxygen atoms in total. The minimum atomic E-state index is -2.17. The topological polar surface area (TPSA) is 0 Å². The Balaban J connectivity index is 2.23.